The van der Waals surface area contributed by atoms with Gasteiger partial charge < -0.3 is 18.8 Å². The second-order valence-electron chi connectivity index (χ2n) is 8.04. The molecule has 1 N–H and O–H groups in total. The largest absolute Gasteiger partial charge is 0.400 e. The number of nitrogens with zero attached hydrogens (tertiary/aromatic N) is 2. The number of nitrogens with one attached hydrogen (secondary N) is 1. The third kappa shape index (κ3) is 4.42. The highest BCUT2D eigenvalue weighted by molar-refractivity contribution is 7.81. The van der Waals surface area contributed by atoms with Gasteiger partial charge in [-0.2, -0.15) is 5.26 Å². The Hall–Kier alpha value is -2.63. The van der Waals surface area contributed by atoms with E-state index in [2.05, 4.69) is 4.98 Å². The highest BCUT2D eigenvalue weighted by Gasteiger charge is 2.30. The number of nitriles is 1. The molecule has 0 amide bonds. The smallest absolute Gasteiger partial charge is 0.221 e. The Morgan fingerprint density at radius 3 is 2.63 bits per heavy atom. The minimum absolute atomic E-state index is 0.0309. The van der Waals surface area contributed by atoms with Crippen LogP contribution < -0.4 is 4.18 Å². The van der Waals surface area contributed by atoms with Crippen LogP contribution in [0.1, 0.15) is 47.7 Å². The lowest BCUT2D eigenvalue weighted by molar-refractivity contribution is 0.0982. The molecule has 0 radical (unpaired) electrons. The number of rotatable bonds is 7. The molecule has 1 saturated carbocycles. The van der Waals surface area contributed by atoms with Crippen LogP contribution >= 0.6 is 0 Å². The van der Waals surface area contributed by atoms with Gasteiger partial charge in [0, 0.05) is 50.5 Å². The van der Waals surface area contributed by atoms with Crippen LogP contribution in [-0.2, 0) is 15.8 Å². The molecule has 1 unspecified atom stereocenters. The predicted molar refractivity (Wildman–Crippen MR) is 115 cm³/mol. The van der Waals surface area contributed by atoms with E-state index in [9.17, 15) is 14.3 Å². The van der Waals surface area contributed by atoms with Crippen LogP contribution in [0.3, 0.4) is 0 Å². The van der Waals surface area contributed by atoms with Crippen molar-refractivity contribution >= 4 is 27.8 Å². The topological polar surface area (TPSA) is 95.4 Å². The van der Waals surface area contributed by atoms with Crippen molar-refractivity contribution in [1.29, 1.82) is 5.26 Å². The number of fused-ring (bicyclic) bond motifs is 1. The monoisotopic (exact) mass is 427 g/mol. The summed E-state index contributed by atoms with van der Waals surface area (Å²) >= 11 is -1.44. The lowest BCUT2D eigenvalue weighted by Gasteiger charge is -2.21. The van der Waals surface area contributed by atoms with Gasteiger partial charge >= 0.3 is 0 Å². The van der Waals surface area contributed by atoms with Crippen LogP contribution in [0.4, 0.5) is 0 Å². The fraction of sp³-hybridized carbons (Fsp3) is 0.455. The molecule has 1 aromatic heterocycles. The molecule has 1 saturated heterocycles. The average molecular weight is 428 g/mol. The Balaban J connectivity index is 1.65. The molecule has 1 aromatic carbocycles. The fourth-order valence-corrected chi connectivity index (χ4v) is 4.69. The van der Waals surface area contributed by atoms with E-state index in [4.69, 9.17) is 8.92 Å². The molecule has 1 atom stereocenters. The quantitative estimate of drug-likeness (QED) is 0.413. The zero-order valence-electron chi connectivity index (χ0n) is 17.1. The summed E-state index contributed by atoms with van der Waals surface area (Å²) in [5.74, 6) is 0.650. The van der Waals surface area contributed by atoms with Crippen molar-refractivity contribution in [3.8, 4) is 11.8 Å². The van der Waals surface area contributed by atoms with Crippen LogP contribution in [0, 0.1) is 11.3 Å². The number of hydrogen-bond donors (Lipinski definition) is 1. The first kappa shape index (κ1) is 20.6. The molecule has 158 valence electrons. The van der Waals surface area contributed by atoms with E-state index < -0.39 is 11.1 Å². The summed E-state index contributed by atoms with van der Waals surface area (Å²) < 4.78 is 24.0. The van der Waals surface area contributed by atoms with Crippen LogP contribution in [0.15, 0.2) is 30.0 Å². The molecule has 7 nitrogen and oxygen atoms in total. The molecule has 1 aliphatic heterocycles. The molecule has 0 bridgehead atoms. The van der Waals surface area contributed by atoms with Crippen LogP contribution in [0.5, 0.6) is 5.75 Å². The first-order chi connectivity index (χ1) is 14.5. The molecular weight excluding hydrogens is 402 g/mol. The highest BCUT2D eigenvalue weighted by Crippen LogP contribution is 2.46. The minimum atomic E-state index is -1.44. The van der Waals surface area contributed by atoms with Gasteiger partial charge in [-0.1, -0.05) is 0 Å². The molecule has 1 aliphatic carbocycles. The standard InChI is InChI=1S/C22H25N3O4S/c1-25(2)13-16(12-23)22(26)20-10-15-9-18(14-3-4-14)21(11-19(15)24-20)29-30(27)17-5-7-28-8-6-17/h9-11,13-14,17,24H,3-8H2,1-2H3/b16-13+. The second kappa shape index (κ2) is 8.62. The predicted octanol–water partition coefficient (Wildman–Crippen LogP) is 3.42. The number of allylic oxidation sites excluding steroid dienone is 1. The van der Waals surface area contributed by atoms with E-state index in [1.54, 1.807) is 25.1 Å². The Kier molecular flexibility index (Phi) is 5.93. The fourth-order valence-electron chi connectivity index (χ4n) is 3.65. The number of ether oxygens (including phenoxy) is 1. The number of Topliss-reactive ketones (excluding diaryl/α,β-unsaturated/α-hetero) is 1. The van der Waals surface area contributed by atoms with Crippen molar-refractivity contribution in [2.24, 2.45) is 0 Å². The number of H-pyrrole nitrogens is 1. The van der Waals surface area contributed by atoms with Gasteiger partial charge in [-0.15, -0.1) is 0 Å². The normalized spacial score (nSPS) is 18.8. The summed E-state index contributed by atoms with van der Waals surface area (Å²) in [6.07, 6.45) is 5.11. The maximum Gasteiger partial charge on any atom is 0.221 e. The van der Waals surface area contributed by atoms with Crippen LogP contribution in [0.2, 0.25) is 0 Å². The highest BCUT2D eigenvalue weighted by atomic mass is 32.2. The maximum atomic E-state index is 12.8. The Labute approximate surface area is 178 Å². The van der Waals surface area contributed by atoms with E-state index in [1.807, 2.05) is 18.2 Å². The minimum Gasteiger partial charge on any atom is -0.400 e. The molecule has 8 heteroatoms. The Morgan fingerprint density at radius 1 is 1.27 bits per heavy atom. The number of benzene rings is 1. The van der Waals surface area contributed by atoms with E-state index in [0.29, 0.717) is 30.6 Å². The van der Waals surface area contributed by atoms with Gasteiger partial charge in [-0.3, -0.25) is 4.79 Å². The maximum absolute atomic E-state index is 12.8. The number of hydrogen-bond acceptors (Lipinski definition) is 6. The molecular formula is C22H25N3O4S. The van der Waals surface area contributed by atoms with Crippen molar-refractivity contribution in [3.63, 3.8) is 0 Å². The van der Waals surface area contributed by atoms with Gasteiger partial charge in [0.25, 0.3) is 0 Å². The summed E-state index contributed by atoms with van der Waals surface area (Å²) in [4.78, 5) is 17.5. The molecule has 2 aliphatic rings. The molecule has 2 aromatic rings. The SMILES string of the molecule is CN(C)/C=C(\C#N)C(=O)c1cc2cc(C3CC3)c(OS(=O)C3CCOCC3)cc2[nH]1. The Morgan fingerprint density at radius 2 is 2.00 bits per heavy atom. The zero-order chi connectivity index (χ0) is 21.3. The first-order valence-corrected chi connectivity index (χ1v) is 11.3. The van der Waals surface area contributed by atoms with Crippen LogP contribution in [0.25, 0.3) is 10.9 Å². The number of carbonyl (C=O) groups is 1. The summed E-state index contributed by atoms with van der Waals surface area (Å²) in [7, 11) is 3.53. The zero-order valence-corrected chi connectivity index (χ0v) is 18.0. The summed E-state index contributed by atoms with van der Waals surface area (Å²) in [5.41, 5.74) is 2.17. The van der Waals surface area contributed by atoms with E-state index >= 15 is 0 Å². The summed E-state index contributed by atoms with van der Waals surface area (Å²) in [5, 5.41) is 10.2. The molecule has 4 rings (SSSR count). The first-order valence-electron chi connectivity index (χ1n) is 10.1. The average Bonchev–Trinajstić information content (AvgIpc) is 3.50. The number of aromatic amines is 1. The number of carbonyl (C=O) groups excluding carboxylic acids is 1. The van der Waals surface area contributed by atoms with Crippen molar-refractivity contribution in [1.82, 2.24) is 9.88 Å². The Bertz CT molecular complexity index is 1060. The van der Waals surface area contributed by atoms with Gasteiger partial charge in [0.15, 0.2) is 0 Å². The van der Waals surface area contributed by atoms with Crippen molar-refractivity contribution < 1.29 is 17.9 Å². The third-order valence-corrected chi connectivity index (χ3v) is 6.74. The second-order valence-corrected chi connectivity index (χ2v) is 9.39. The van der Waals surface area contributed by atoms with Crippen molar-refractivity contribution in [2.45, 2.75) is 36.9 Å². The summed E-state index contributed by atoms with van der Waals surface area (Å²) in [6, 6.07) is 7.58. The molecule has 2 heterocycles. The van der Waals surface area contributed by atoms with E-state index in [-0.39, 0.29) is 16.6 Å². The van der Waals surface area contributed by atoms with Crippen molar-refractivity contribution in [2.75, 3.05) is 27.3 Å². The third-order valence-electron chi connectivity index (χ3n) is 5.38. The van der Waals surface area contributed by atoms with Gasteiger partial charge in [-0.25, -0.2) is 4.21 Å². The van der Waals surface area contributed by atoms with Gasteiger partial charge in [-0.05, 0) is 49.3 Å². The van der Waals surface area contributed by atoms with E-state index in [0.717, 1.165) is 42.1 Å². The lowest BCUT2D eigenvalue weighted by atomic mass is 10.1. The van der Waals surface area contributed by atoms with Gasteiger partial charge in [0.05, 0.1) is 10.9 Å². The molecule has 0 spiro atoms. The number of ketones is 1. The van der Waals surface area contributed by atoms with Gasteiger partial charge in [0.1, 0.15) is 17.4 Å². The molecule has 2 fully saturated rings. The summed E-state index contributed by atoms with van der Waals surface area (Å²) in [6.45, 7) is 1.22. The van der Waals surface area contributed by atoms with Crippen LogP contribution in [-0.4, -0.2) is 52.4 Å². The lowest BCUT2D eigenvalue weighted by Crippen LogP contribution is -2.27. The van der Waals surface area contributed by atoms with Crippen molar-refractivity contribution in [3.05, 3.63) is 41.2 Å². The number of aromatic nitrogens is 1. The van der Waals surface area contributed by atoms with Gasteiger partial charge in [0.2, 0.25) is 16.9 Å². The van der Waals surface area contributed by atoms with E-state index in [1.165, 1.54) is 6.20 Å². The molecule has 30 heavy (non-hydrogen) atoms.